The number of ether oxygens (including phenoxy) is 1. The summed E-state index contributed by atoms with van der Waals surface area (Å²) in [6.45, 7) is 0. The zero-order valence-corrected chi connectivity index (χ0v) is 17.0. The van der Waals surface area contributed by atoms with E-state index in [2.05, 4.69) is 5.32 Å². The average Bonchev–Trinajstić information content (AvgIpc) is 2.77. The van der Waals surface area contributed by atoms with Crippen molar-refractivity contribution < 1.29 is 14.5 Å². The molecule has 0 spiro atoms. The van der Waals surface area contributed by atoms with Crippen LogP contribution in [0.25, 0.3) is 6.08 Å². The summed E-state index contributed by atoms with van der Waals surface area (Å²) in [5.41, 5.74) is 0.576. The summed E-state index contributed by atoms with van der Waals surface area (Å²) in [5, 5.41) is 32.6. The van der Waals surface area contributed by atoms with Gasteiger partial charge in [-0.25, -0.2) is 0 Å². The molecular weight excluding hydrogens is 432 g/mol. The molecular formula is C23H13ClN4O4. The number of anilines is 1. The summed E-state index contributed by atoms with van der Waals surface area (Å²) in [4.78, 5) is 22.7. The molecule has 156 valence electrons. The van der Waals surface area contributed by atoms with Crippen molar-refractivity contribution in [3.63, 3.8) is 0 Å². The molecule has 0 aromatic heterocycles. The van der Waals surface area contributed by atoms with Gasteiger partial charge in [0.1, 0.15) is 34.8 Å². The Morgan fingerprint density at radius 3 is 2.56 bits per heavy atom. The van der Waals surface area contributed by atoms with Gasteiger partial charge in [-0.1, -0.05) is 29.8 Å². The Bertz CT molecular complexity index is 1320. The molecule has 0 aliphatic carbocycles. The van der Waals surface area contributed by atoms with E-state index in [1.54, 1.807) is 48.5 Å². The van der Waals surface area contributed by atoms with Crippen LogP contribution >= 0.6 is 11.6 Å². The number of nitro benzene ring substituents is 1. The molecule has 0 bridgehead atoms. The van der Waals surface area contributed by atoms with Crippen LogP contribution in [-0.2, 0) is 4.79 Å². The number of hydrogen-bond donors (Lipinski definition) is 1. The van der Waals surface area contributed by atoms with Crippen molar-refractivity contribution in [1.29, 1.82) is 10.5 Å². The fourth-order valence-corrected chi connectivity index (χ4v) is 2.87. The molecule has 0 atom stereocenters. The van der Waals surface area contributed by atoms with Gasteiger partial charge in [0.25, 0.3) is 11.6 Å². The summed E-state index contributed by atoms with van der Waals surface area (Å²) >= 11 is 5.90. The van der Waals surface area contributed by atoms with Gasteiger partial charge in [-0.3, -0.25) is 14.9 Å². The summed E-state index contributed by atoms with van der Waals surface area (Å²) in [6.07, 6.45) is 1.38. The normalized spacial score (nSPS) is 10.5. The smallest absolute Gasteiger partial charge is 0.271 e. The third-order valence-corrected chi connectivity index (χ3v) is 4.37. The number of carbonyl (C=O) groups is 1. The Morgan fingerprint density at radius 1 is 1.09 bits per heavy atom. The van der Waals surface area contributed by atoms with Crippen LogP contribution in [-0.4, -0.2) is 10.8 Å². The first-order valence-corrected chi connectivity index (χ1v) is 9.42. The molecule has 0 unspecified atom stereocenters. The molecule has 0 fully saturated rings. The minimum atomic E-state index is -0.608. The maximum absolute atomic E-state index is 12.4. The van der Waals surface area contributed by atoms with E-state index >= 15 is 0 Å². The van der Waals surface area contributed by atoms with Gasteiger partial charge in [0.05, 0.1) is 4.92 Å². The van der Waals surface area contributed by atoms with E-state index in [0.29, 0.717) is 22.0 Å². The average molecular weight is 445 g/mol. The lowest BCUT2D eigenvalue weighted by atomic mass is 10.1. The zero-order chi connectivity index (χ0) is 23.1. The monoisotopic (exact) mass is 444 g/mol. The summed E-state index contributed by atoms with van der Waals surface area (Å²) in [6, 6.07) is 20.4. The number of rotatable bonds is 6. The fraction of sp³-hybridized carbons (Fsp3) is 0. The van der Waals surface area contributed by atoms with Gasteiger partial charge in [0, 0.05) is 22.8 Å². The highest BCUT2D eigenvalue weighted by Crippen LogP contribution is 2.29. The van der Waals surface area contributed by atoms with Gasteiger partial charge in [0.2, 0.25) is 0 Å². The van der Waals surface area contributed by atoms with E-state index in [4.69, 9.17) is 16.3 Å². The first kappa shape index (κ1) is 22.0. The number of non-ortho nitro benzene ring substituents is 1. The number of benzene rings is 3. The lowest BCUT2D eigenvalue weighted by Crippen LogP contribution is -2.13. The van der Waals surface area contributed by atoms with Crippen LogP contribution in [0.1, 0.15) is 11.1 Å². The molecule has 8 nitrogen and oxygen atoms in total. The maximum atomic E-state index is 12.4. The van der Waals surface area contributed by atoms with E-state index < -0.39 is 10.8 Å². The summed E-state index contributed by atoms with van der Waals surface area (Å²) < 4.78 is 5.69. The number of nitro groups is 1. The topological polar surface area (TPSA) is 129 Å². The highest BCUT2D eigenvalue weighted by atomic mass is 35.5. The van der Waals surface area contributed by atoms with Crippen molar-refractivity contribution in [2.75, 3.05) is 5.32 Å². The molecule has 3 rings (SSSR count). The number of nitriles is 2. The van der Waals surface area contributed by atoms with Crippen LogP contribution in [0, 0.1) is 32.8 Å². The number of amides is 1. The molecule has 0 saturated carbocycles. The van der Waals surface area contributed by atoms with Gasteiger partial charge >= 0.3 is 0 Å². The number of carbonyl (C=O) groups excluding carboxylic acids is 1. The Labute approximate surface area is 187 Å². The third kappa shape index (κ3) is 5.48. The Morgan fingerprint density at radius 2 is 1.88 bits per heavy atom. The third-order valence-electron chi connectivity index (χ3n) is 4.14. The molecule has 1 amide bonds. The molecule has 0 radical (unpaired) electrons. The predicted molar refractivity (Wildman–Crippen MR) is 118 cm³/mol. The lowest BCUT2D eigenvalue weighted by Gasteiger charge is -2.08. The van der Waals surface area contributed by atoms with Crippen LogP contribution in [0.15, 0.2) is 72.3 Å². The number of halogens is 1. The van der Waals surface area contributed by atoms with Crippen molar-refractivity contribution in [1.82, 2.24) is 0 Å². The van der Waals surface area contributed by atoms with Crippen molar-refractivity contribution in [3.8, 4) is 23.6 Å². The quantitative estimate of drug-likeness (QED) is 0.232. The summed E-state index contributed by atoms with van der Waals surface area (Å²) in [5.74, 6) is -0.154. The highest BCUT2D eigenvalue weighted by molar-refractivity contribution is 6.31. The summed E-state index contributed by atoms with van der Waals surface area (Å²) in [7, 11) is 0. The van der Waals surface area contributed by atoms with Gasteiger partial charge in [0.15, 0.2) is 0 Å². The standard InChI is InChI=1S/C23H13ClN4O4/c24-18-4-2-5-19(12-18)27-23(29)17(14-26)9-15-3-1-6-21(10-15)32-22-8-7-20(28(30)31)11-16(22)13-25/h1-12H,(H,27,29)/b17-9+. The van der Waals surface area contributed by atoms with Crippen LogP contribution in [0.3, 0.4) is 0 Å². The fourth-order valence-electron chi connectivity index (χ4n) is 2.68. The molecule has 3 aromatic rings. The van der Waals surface area contributed by atoms with Crippen molar-refractivity contribution >= 4 is 35.0 Å². The molecule has 9 heteroatoms. The van der Waals surface area contributed by atoms with Crippen molar-refractivity contribution in [3.05, 3.63) is 98.6 Å². The van der Waals surface area contributed by atoms with Crippen molar-refractivity contribution in [2.45, 2.75) is 0 Å². The first-order chi connectivity index (χ1) is 15.4. The number of nitrogens with zero attached hydrogens (tertiary/aromatic N) is 3. The van der Waals surface area contributed by atoms with E-state index in [1.807, 2.05) is 12.1 Å². The number of nitrogens with one attached hydrogen (secondary N) is 1. The van der Waals surface area contributed by atoms with Gasteiger partial charge in [-0.2, -0.15) is 10.5 Å². The SMILES string of the molecule is N#C/C(=C\c1cccc(Oc2ccc([N+](=O)[O-])cc2C#N)c1)C(=O)Nc1cccc(Cl)c1. The van der Waals surface area contributed by atoms with Gasteiger partial charge in [-0.05, 0) is 48.0 Å². The first-order valence-electron chi connectivity index (χ1n) is 9.05. The predicted octanol–water partition coefficient (Wildman–Crippen LogP) is 5.46. The molecule has 0 aliphatic heterocycles. The zero-order valence-electron chi connectivity index (χ0n) is 16.3. The van der Waals surface area contributed by atoms with E-state index in [-0.39, 0.29) is 22.6 Å². The van der Waals surface area contributed by atoms with Crippen LogP contribution in [0.5, 0.6) is 11.5 Å². The van der Waals surface area contributed by atoms with Crippen LogP contribution in [0.4, 0.5) is 11.4 Å². The van der Waals surface area contributed by atoms with E-state index in [1.165, 1.54) is 18.2 Å². The van der Waals surface area contributed by atoms with Crippen molar-refractivity contribution in [2.24, 2.45) is 0 Å². The second kappa shape index (κ2) is 9.90. The van der Waals surface area contributed by atoms with E-state index in [9.17, 15) is 25.4 Å². The largest absolute Gasteiger partial charge is 0.456 e. The Kier molecular flexibility index (Phi) is 6.81. The second-order valence-electron chi connectivity index (χ2n) is 6.36. The molecule has 0 saturated heterocycles. The van der Waals surface area contributed by atoms with Gasteiger partial charge in [-0.15, -0.1) is 0 Å². The molecule has 0 heterocycles. The molecule has 1 N–H and O–H groups in total. The highest BCUT2D eigenvalue weighted by Gasteiger charge is 2.13. The van der Waals surface area contributed by atoms with Crippen LogP contribution < -0.4 is 10.1 Å². The molecule has 32 heavy (non-hydrogen) atoms. The van der Waals surface area contributed by atoms with Crippen LogP contribution in [0.2, 0.25) is 5.02 Å². The van der Waals surface area contributed by atoms with Gasteiger partial charge < -0.3 is 10.1 Å². The minimum absolute atomic E-state index is 0.00115. The Hall–Kier alpha value is -4.66. The molecule has 3 aromatic carbocycles. The molecule has 0 aliphatic rings. The second-order valence-corrected chi connectivity index (χ2v) is 6.79. The Balaban J connectivity index is 1.83. The lowest BCUT2D eigenvalue weighted by molar-refractivity contribution is -0.384. The minimum Gasteiger partial charge on any atom is -0.456 e. The van der Waals surface area contributed by atoms with E-state index in [0.717, 1.165) is 6.07 Å². The maximum Gasteiger partial charge on any atom is 0.271 e. The number of hydrogen-bond acceptors (Lipinski definition) is 6.